The van der Waals surface area contributed by atoms with Crippen molar-refractivity contribution in [1.29, 1.82) is 0 Å². The molecule has 0 aromatic carbocycles. The number of rotatable bonds is 3. The highest BCUT2D eigenvalue weighted by atomic mass is 35.5. The first-order chi connectivity index (χ1) is 7.66. The summed E-state index contributed by atoms with van der Waals surface area (Å²) >= 11 is 5.79. The van der Waals surface area contributed by atoms with Crippen LogP contribution in [0.5, 0.6) is 0 Å². The lowest BCUT2D eigenvalue weighted by Crippen LogP contribution is -2.32. The molecule has 4 nitrogen and oxygen atoms in total. The minimum atomic E-state index is -0.138. The molecule has 86 valence electrons. The number of nitrogen functional groups attached to an aromatic ring is 1. The van der Waals surface area contributed by atoms with Crippen molar-refractivity contribution in [2.24, 2.45) is 5.92 Å². The molecule has 0 aliphatic heterocycles. The molecule has 0 radical (unpaired) electrons. The van der Waals surface area contributed by atoms with Gasteiger partial charge in [0, 0.05) is 12.7 Å². The predicted molar refractivity (Wildman–Crippen MR) is 63.3 cm³/mol. The number of carbonyl (C=O) groups is 1. The number of halogens is 1. The standard InChI is InChI=1S/C11H14ClN3O/c12-9-4-8(6-14-10(9)13)11(16)15-5-7-2-1-3-7/h4,6-7H,1-3,5H2,(H2,13,14)(H,15,16). The molecule has 0 unspecified atom stereocenters. The fourth-order valence-electron chi connectivity index (χ4n) is 1.61. The molecule has 0 atom stereocenters. The average Bonchev–Trinajstić information content (AvgIpc) is 2.19. The molecule has 0 spiro atoms. The highest BCUT2D eigenvalue weighted by Gasteiger charge is 2.18. The fraction of sp³-hybridized carbons (Fsp3) is 0.455. The highest BCUT2D eigenvalue weighted by Crippen LogP contribution is 2.25. The number of anilines is 1. The lowest BCUT2D eigenvalue weighted by atomic mass is 9.85. The van der Waals surface area contributed by atoms with E-state index in [4.69, 9.17) is 17.3 Å². The van der Waals surface area contributed by atoms with E-state index in [-0.39, 0.29) is 11.7 Å². The summed E-state index contributed by atoms with van der Waals surface area (Å²) in [5.41, 5.74) is 5.92. The molecule has 1 aliphatic carbocycles. The lowest BCUT2D eigenvalue weighted by Gasteiger charge is -2.25. The Labute approximate surface area is 99.2 Å². The van der Waals surface area contributed by atoms with Gasteiger partial charge in [0.05, 0.1) is 10.6 Å². The number of amides is 1. The van der Waals surface area contributed by atoms with Gasteiger partial charge in [-0.2, -0.15) is 0 Å². The van der Waals surface area contributed by atoms with Crippen molar-refractivity contribution in [2.75, 3.05) is 12.3 Å². The summed E-state index contributed by atoms with van der Waals surface area (Å²) in [7, 11) is 0. The van der Waals surface area contributed by atoms with Gasteiger partial charge in [-0.3, -0.25) is 4.79 Å². The molecule has 1 fully saturated rings. The maximum atomic E-state index is 11.7. The van der Waals surface area contributed by atoms with Crippen molar-refractivity contribution < 1.29 is 4.79 Å². The molecule has 1 heterocycles. The molecule has 1 saturated carbocycles. The summed E-state index contributed by atoms with van der Waals surface area (Å²) < 4.78 is 0. The van der Waals surface area contributed by atoms with E-state index in [1.165, 1.54) is 25.5 Å². The van der Waals surface area contributed by atoms with Crippen LogP contribution in [0.15, 0.2) is 12.3 Å². The summed E-state index contributed by atoms with van der Waals surface area (Å²) in [6, 6.07) is 1.54. The molecule has 3 N–H and O–H groups in total. The minimum Gasteiger partial charge on any atom is -0.382 e. The summed E-state index contributed by atoms with van der Waals surface area (Å²) in [6.45, 7) is 0.737. The molecular formula is C11H14ClN3O. The van der Waals surface area contributed by atoms with Crippen LogP contribution in [0, 0.1) is 5.92 Å². The summed E-state index contributed by atoms with van der Waals surface area (Å²) in [5.74, 6) is 0.750. The number of nitrogens with two attached hydrogens (primary N) is 1. The van der Waals surface area contributed by atoms with Crippen molar-refractivity contribution in [3.05, 3.63) is 22.8 Å². The van der Waals surface area contributed by atoms with Crippen molar-refractivity contribution in [2.45, 2.75) is 19.3 Å². The predicted octanol–water partition coefficient (Wildman–Crippen LogP) is 1.85. The van der Waals surface area contributed by atoms with Crippen LogP contribution >= 0.6 is 11.6 Å². The highest BCUT2D eigenvalue weighted by molar-refractivity contribution is 6.33. The van der Waals surface area contributed by atoms with Crippen LogP contribution in [0.3, 0.4) is 0 Å². The lowest BCUT2D eigenvalue weighted by molar-refractivity contribution is 0.0939. The van der Waals surface area contributed by atoms with Crippen LogP contribution in [-0.4, -0.2) is 17.4 Å². The molecular weight excluding hydrogens is 226 g/mol. The van der Waals surface area contributed by atoms with Gasteiger partial charge in [0.25, 0.3) is 5.91 Å². The molecule has 2 rings (SSSR count). The molecule has 1 aliphatic rings. The molecule has 0 bridgehead atoms. The number of carbonyl (C=O) groups excluding carboxylic acids is 1. The van der Waals surface area contributed by atoms with E-state index in [0.29, 0.717) is 16.5 Å². The molecule has 1 aromatic rings. The Morgan fingerprint density at radius 3 is 2.94 bits per heavy atom. The van der Waals surface area contributed by atoms with Crippen LogP contribution < -0.4 is 11.1 Å². The Balaban J connectivity index is 1.94. The second kappa shape index (κ2) is 4.70. The number of hydrogen-bond acceptors (Lipinski definition) is 3. The fourth-order valence-corrected chi connectivity index (χ4v) is 1.78. The maximum Gasteiger partial charge on any atom is 0.252 e. The molecule has 16 heavy (non-hydrogen) atoms. The number of aromatic nitrogens is 1. The Morgan fingerprint density at radius 2 is 2.38 bits per heavy atom. The van der Waals surface area contributed by atoms with Gasteiger partial charge >= 0.3 is 0 Å². The summed E-state index contributed by atoms with van der Waals surface area (Å²) in [6.07, 6.45) is 5.13. The number of hydrogen-bond donors (Lipinski definition) is 2. The van der Waals surface area contributed by atoms with Crippen LogP contribution in [0.1, 0.15) is 29.6 Å². The van der Waals surface area contributed by atoms with Crippen molar-refractivity contribution in [1.82, 2.24) is 10.3 Å². The van der Waals surface area contributed by atoms with Gasteiger partial charge in [-0.05, 0) is 24.8 Å². The second-order valence-corrected chi connectivity index (χ2v) is 4.51. The van der Waals surface area contributed by atoms with Gasteiger partial charge in [0.2, 0.25) is 0 Å². The van der Waals surface area contributed by atoms with Gasteiger partial charge in [0.15, 0.2) is 0 Å². The molecule has 5 heteroatoms. The van der Waals surface area contributed by atoms with E-state index < -0.39 is 0 Å². The van der Waals surface area contributed by atoms with E-state index in [1.54, 1.807) is 6.07 Å². The normalized spacial score (nSPS) is 15.6. The van der Waals surface area contributed by atoms with Gasteiger partial charge < -0.3 is 11.1 Å². The van der Waals surface area contributed by atoms with Crippen molar-refractivity contribution >= 4 is 23.3 Å². The Bertz CT molecular complexity index is 404. The minimum absolute atomic E-state index is 0.138. The van der Waals surface area contributed by atoms with E-state index in [0.717, 1.165) is 6.54 Å². The van der Waals surface area contributed by atoms with E-state index in [9.17, 15) is 4.79 Å². The van der Waals surface area contributed by atoms with Crippen LogP contribution in [0.2, 0.25) is 5.02 Å². The topological polar surface area (TPSA) is 68.0 Å². The molecule has 1 aromatic heterocycles. The Kier molecular flexibility index (Phi) is 3.29. The first kappa shape index (κ1) is 11.2. The largest absolute Gasteiger partial charge is 0.382 e. The molecule has 0 saturated heterocycles. The number of nitrogens with zero attached hydrogens (tertiary/aromatic N) is 1. The Morgan fingerprint density at radius 1 is 1.62 bits per heavy atom. The van der Waals surface area contributed by atoms with Gasteiger partial charge in [0.1, 0.15) is 5.82 Å². The first-order valence-corrected chi connectivity index (χ1v) is 5.74. The quantitative estimate of drug-likeness (QED) is 0.846. The number of pyridine rings is 1. The van der Waals surface area contributed by atoms with Crippen LogP contribution in [-0.2, 0) is 0 Å². The maximum absolute atomic E-state index is 11.7. The smallest absolute Gasteiger partial charge is 0.252 e. The third kappa shape index (κ3) is 2.44. The first-order valence-electron chi connectivity index (χ1n) is 5.36. The average molecular weight is 240 g/mol. The van der Waals surface area contributed by atoms with Gasteiger partial charge in [-0.25, -0.2) is 4.98 Å². The number of nitrogens with one attached hydrogen (secondary N) is 1. The third-order valence-electron chi connectivity index (χ3n) is 2.91. The van der Waals surface area contributed by atoms with Gasteiger partial charge in [-0.15, -0.1) is 0 Å². The zero-order chi connectivity index (χ0) is 11.5. The van der Waals surface area contributed by atoms with Gasteiger partial charge in [-0.1, -0.05) is 18.0 Å². The third-order valence-corrected chi connectivity index (χ3v) is 3.21. The summed E-state index contributed by atoms with van der Waals surface area (Å²) in [5, 5.41) is 3.19. The SMILES string of the molecule is Nc1ncc(C(=O)NCC2CCC2)cc1Cl. The zero-order valence-corrected chi connectivity index (χ0v) is 9.63. The van der Waals surface area contributed by atoms with Crippen molar-refractivity contribution in [3.63, 3.8) is 0 Å². The monoisotopic (exact) mass is 239 g/mol. The van der Waals surface area contributed by atoms with Crippen LogP contribution in [0.4, 0.5) is 5.82 Å². The zero-order valence-electron chi connectivity index (χ0n) is 8.87. The van der Waals surface area contributed by atoms with E-state index >= 15 is 0 Å². The summed E-state index contributed by atoms with van der Waals surface area (Å²) in [4.78, 5) is 15.5. The Hall–Kier alpha value is -1.29. The molecule has 1 amide bonds. The van der Waals surface area contributed by atoms with Crippen molar-refractivity contribution in [3.8, 4) is 0 Å². The van der Waals surface area contributed by atoms with E-state index in [1.807, 2.05) is 0 Å². The second-order valence-electron chi connectivity index (χ2n) is 4.10. The van der Waals surface area contributed by atoms with E-state index in [2.05, 4.69) is 10.3 Å². The van der Waals surface area contributed by atoms with Crippen LogP contribution in [0.25, 0.3) is 0 Å².